The van der Waals surface area contributed by atoms with Crippen molar-refractivity contribution in [1.82, 2.24) is 4.90 Å². The molecule has 0 bridgehead atoms. The van der Waals surface area contributed by atoms with Crippen LogP contribution in [-0.4, -0.2) is 49.9 Å². The van der Waals surface area contributed by atoms with Crippen LogP contribution in [-0.2, 0) is 4.79 Å². The van der Waals surface area contributed by atoms with Crippen LogP contribution in [0.1, 0.15) is 22.3 Å². The van der Waals surface area contributed by atoms with Crippen LogP contribution in [0.15, 0.2) is 48.5 Å². The fourth-order valence-corrected chi connectivity index (χ4v) is 3.10. The van der Waals surface area contributed by atoms with E-state index in [9.17, 15) is 9.59 Å². The van der Waals surface area contributed by atoms with Gasteiger partial charge in [-0.05, 0) is 42.8 Å². The highest BCUT2D eigenvalue weighted by atomic mass is 16.5. The standard InChI is InChI=1S/C21H24N2O3/c1-17-4-2-3-5-20(17)26-15-10-21(25)23-13-11-22(12-14-23)19-8-6-18(16-24)7-9-19/h2-9,16H,10-15H2,1H3. The first kappa shape index (κ1) is 18.0. The molecule has 1 aliphatic heterocycles. The molecule has 0 aromatic heterocycles. The van der Waals surface area contributed by atoms with Gasteiger partial charge in [0.2, 0.25) is 5.91 Å². The molecule has 1 saturated heterocycles. The number of aryl methyl sites for hydroxylation is 1. The first-order chi connectivity index (χ1) is 12.7. The molecule has 1 heterocycles. The van der Waals surface area contributed by atoms with Crippen LogP contribution >= 0.6 is 0 Å². The van der Waals surface area contributed by atoms with Crippen molar-refractivity contribution < 1.29 is 14.3 Å². The normalized spacial score (nSPS) is 14.2. The average molecular weight is 352 g/mol. The third-order valence-corrected chi connectivity index (χ3v) is 4.69. The van der Waals surface area contributed by atoms with E-state index in [0.717, 1.165) is 36.4 Å². The largest absolute Gasteiger partial charge is 0.493 e. The summed E-state index contributed by atoms with van der Waals surface area (Å²) in [6.45, 7) is 5.40. The monoisotopic (exact) mass is 352 g/mol. The van der Waals surface area contributed by atoms with Gasteiger partial charge in [0.1, 0.15) is 12.0 Å². The molecule has 136 valence electrons. The first-order valence-electron chi connectivity index (χ1n) is 8.94. The number of rotatable bonds is 6. The molecule has 0 atom stereocenters. The van der Waals surface area contributed by atoms with E-state index < -0.39 is 0 Å². The van der Waals surface area contributed by atoms with Gasteiger partial charge in [-0.25, -0.2) is 0 Å². The second-order valence-electron chi connectivity index (χ2n) is 6.44. The van der Waals surface area contributed by atoms with E-state index in [1.807, 2.05) is 60.4 Å². The number of nitrogens with zero attached hydrogens (tertiary/aromatic N) is 2. The van der Waals surface area contributed by atoms with E-state index in [4.69, 9.17) is 4.74 Å². The minimum Gasteiger partial charge on any atom is -0.493 e. The zero-order valence-corrected chi connectivity index (χ0v) is 15.1. The molecule has 26 heavy (non-hydrogen) atoms. The Labute approximate surface area is 154 Å². The Morgan fingerprint density at radius 3 is 2.38 bits per heavy atom. The lowest BCUT2D eigenvalue weighted by molar-refractivity contribution is -0.132. The quantitative estimate of drug-likeness (QED) is 0.750. The van der Waals surface area contributed by atoms with Crippen LogP contribution in [0.3, 0.4) is 0 Å². The lowest BCUT2D eigenvalue weighted by Crippen LogP contribution is -2.49. The summed E-state index contributed by atoms with van der Waals surface area (Å²) in [7, 11) is 0. The van der Waals surface area contributed by atoms with E-state index in [1.54, 1.807) is 0 Å². The molecule has 0 saturated carbocycles. The second-order valence-corrected chi connectivity index (χ2v) is 6.44. The summed E-state index contributed by atoms with van der Waals surface area (Å²) in [6, 6.07) is 15.4. The van der Waals surface area contributed by atoms with Gasteiger partial charge in [-0.15, -0.1) is 0 Å². The van der Waals surface area contributed by atoms with Crippen molar-refractivity contribution in [2.24, 2.45) is 0 Å². The molecule has 5 nitrogen and oxygen atoms in total. The van der Waals surface area contributed by atoms with Crippen LogP contribution in [0.25, 0.3) is 0 Å². The van der Waals surface area contributed by atoms with E-state index in [1.165, 1.54) is 0 Å². The van der Waals surface area contributed by atoms with E-state index in [0.29, 0.717) is 31.7 Å². The van der Waals surface area contributed by atoms with E-state index in [-0.39, 0.29) is 5.91 Å². The Morgan fingerprint density at radius 2 is 1.73 bits per heavy atom. The Bertz CT molecular complexity index is 750. The Balaban J connectivity index is 1.44. The molecule has 0 spiro atoms. The third kappa shape index (κ3) is 4.42. The van der Waals surface area contributed by atoms with Crippen molar-refractivity contribution in [1.29, 1.82) is 0 Å². The van der Waals surface area contributed by atoms with Gasteiger partial charge in [0.15, 0.2) is 0 Å². The summed E-state index contributed by atoms with van der Waals surface area (Å²) in [5.41, 5.74) is 2.84. The molecular formula is C21H24N2O3. The van der Waals surface area contributed by atoms with Crippen molar-refractivity contribution >= 4 is 17.9 Å². The minimum absolute atomic E-state index is 0.134. The van der Waals surface area contributed by atoms with Crippen LogP contribution in [0, 0.1) is 6.92 Å². The van der Waals surface area contributed by atoms with Crippen molar-refractivity contribution in [3.8, 4) is 5.75 Å². The van der Waals surface area contributed by atoms with Crippen LogP contribution in [0.2, 0.25) is 0 Å². The van der Waals surface area contributed by atoms with E-state index >= 15 is 0 Å². The van der Waals surface area contributed by atoms with Crippen LogP contribution in [0.5, 0.6) is 5.75 Å². The maximum absolute atomic E-state index is 12.4. The number of benzene rings is 2. The lowest BCUT2D eigenvalue weighted by atomic mass is 10.2. The Hall–Kier alpha value is -2.82. The molecule has 0 radical (unpaired) electrons. The topological polar surface area (TPSA) is 49.9 Å². The van der Waals surface area contributed by atoms with Gasteiger partial charge in [-0.3, -0.25) is 9.59 Å². The molecule has 5 heteroatoms. The molecule has 1 aliphatic rings. The van der Waals surface area contributed by atoms with Crippen LogP contribution < -0.4 is 9.64 Å². The van der Waals surface area contributed by atoms with Gasteiger partial charge in [0.25, 0.3) is 0 Å². The molecule has 2 aromatic rings. The highest BCUT2D eigenvalue weighted by Crippen LogP contribution is 2.18. The number of aldehydes is 1. The predicted octanol–water partition coefficient (Wildman–Crippen LogP) is 2.93. The van der Waals surface area contributed by atoms with E-state index in [2.05, 4.69) is 4.90 Å². The number of piperazine rings is 1. The summed E-state index contributed by atoms with van der Waals surface area (Å²) in [5, 5.41) is 0. The maximum Gasteiger partial charge on any atom is 0.226 e. The number of anilines is 1. The van der Waals surface area contributed by atoms with Gasteiger partial charge in [0.05, 0.1) is 13.0 Å². The van der Waals surface area contributed by atoms with Gasteiger partial charge in [-0.2, -0.15) is 0 Å². The first-order valence-corrected chi connectivity index (χ1v) is 8.94. The van der Waals surface area contributed by atoms with Crippen molar-refractivity contribution in [3.05, 3.63) is 59.7 Å². The summed E-state index contributed by atoms with van der Waals surface area (Å²) in [4.78, 5) is 27.3. The Morgan fingerprint density at radius 1 is 1.04 bits per heavy atom. The molecule has 0 N–H and O–H groups in total. The van der Waals surface area contributed by atoms with Gasteiger partial charge >= 0.3 is 0 Å². The average Bonchev–Trinajstić information content (AvgIpc) is 2.69. The van der Waals surface area contributed by atoms with Crippen molar-refractivity contribution in [2.75, 3.05) is 37.7 Å². The third-order valence-electron chi connectivity index (χ3n) is 4.69. The van der Waals surface area contributed by atoms with Gasteiger partial charge < -0.3 is 14.5 Å². The van der Waals surface area contributed by atoms with Crippen molar-refractivity contribution in [3.63, 3.8) is 0 Å². The molecule has 3 rings (SSSR count). The number of carbonyl (C=O) groups is 2. The second kappa shape index (κ2) is 8.52. The number of ether oxygens (including phenoxy) is 1. The summed E-state index contributed by atoms with van der Waals surface area (Å²) < 4.78 is 5.72. The molecule has 0 aliphatic carbocycles. The fraction of sp³-hybridized carbons (Fsp3) is 0.333. The van der Waals surface area contributed by atoms with Crippen LogP contribution in [0.4, 0.5) is 5.69 Å². The van der Waals surface area contributed by atoms with Gasteiger partial charge in [-0.1, -0.05) is 18.2 Å². The fourth-order valence-electron chi connectivity index (χ4n) is 3.10. The maximum atomic E-state index is 12.4. The highest BCUT2D eigenvalue weighted by molar-refractivity contribution is 5.77. The zero-order valence-electron chi connectivity index (χ0n) is 15.1. The molecule has 0 unspecified atom stereocenters. The lowest BCUT2D eigenvalue weighted by Gasteiger charge is -2.36. The predicted molar refractivity (Wildman–Crippen MR) is 102 cm³/mol. The highest BCUT2D eigenvalue weighted by Gasteiger charge is 2.21. The Kier molecular flexibility index (Phi) is 5.89. The molecular weight excluding hydrogens is 328 g/mol. The minimum atomic E-state index is 0.134. The van der Waals surface area contributed by atoms with Crippen molar-refractivity contribution in [2.45, 2.75) is 13.3 Å². The summed E-state index contributed by atoms with van der Waals surface area (Å²) in [6.07, 6.45) is 1.24. The molecule has 1 amide bonds. The zero-order chi connectivity index (χ0) is 18.4. The molecule has 2 aromatic carbocycles. The summed E-state index contributed by atoms with van der Waals surface area (Å²) in [5.74, 6) is 0.971. The smallest absolute Gasteiger partial charge is 0.226 e. The number of carbonyl (C=O) groups excluding carboxylic acids is 2. The number of para-hydroxylation sites is 1. The number of amides is 1. The number of hydrogen-bond donors (Lipinski definition) is 0. The summed E-state index contributed by atoms with van der Waals surface area (Å²) >= 11 is 0. The molecule has 1 fully saturated rings. The SMILES string of the molecule is Cc1ccccc1OCCC(=O)N1CCN(c2ccc(C=O)cc2)CC1. The number of hydrogen-bond acceptors (Lipinski definition) is 4. The van der Waals surface area contributed by atoms with Gasteiger partial charge in [0, 0.05) is 37.4 Å².